The lowest BCUT2D eigenvalue weighted by atomic mass is 9.49. The van der Waals surface area contributed by atoms with Gasteiger partial charge in [0.15, 0.2) is 0 Å². The van der Waals surface area contributed by atoms with E-state index in [1.54, 1.807) is 0 Å². The van der Waals surface area contributed by atoms with Gasteiger partial charge in [0.25, 0.3) is 0 Å². The third-order valence-electron chi connectivity index (χ3n) is 8.38. The van der Waals surface area contributed by atoms with Gasteiger partial charge in [-0.15, -0.1) is 0 Å². The van der Waals surface area contributed by atoms with Crippen LogP contribution in [-0.4, -0.2) is 53.8 Å². The van der Waals surface area contributed by atoms with E-state index in [9.17, 15) is 9.59 Å². The van der Waals surface area contributed by atoms with Crippen LogP contribution in [0.2, 0.25) is 0 Å². The summed E-state index contributed by atoms with van der Waals surface area (Å²) in [6, 6.07) is 10.1. The molecule has 1 aromatic carbocycles. The molecule has 5 heteroatoms. The predicted molar refractivity (Wildman–Crippen MR) is 121 cm³/mol. The number of nitrogens with one attached hydrogen (secondary N) is 1. The molecule has 5 fully saturated rings. The summed E-state index contributed by atoms with van der Waals surface area (Å²) in [6.45, 7) is 6.03. The van der Waals surface area contributed by atoms with Gasteiger partial charge in [0.1, 0.15) is 6.04 Å². The Labute approximate surface area is 186 Å². The number of piperazine rings is 1. The van der Waals surface area contributed by atoms with Gasteiger partial charge in [-0.2, -0.15) is 0 Å². The van der Waals surface area contributed by atoms with Crippen molar-refractivity contribution in [1.29, 1.82) is 0 Å². The van der Waals surface area contributed by atoms with E-state index in [1.165, 1.54) is 44.1 Å². The highest BCUT2D eigenvalue weighted by molar-refractivity contribution is 5.87. The maximum absolute atomic E-state index is 13.0. The van der Waals surface area contributed by atoms with Gasteiger partial charge in [-0.1, -0.05) is 30.3 Å². The van der Waals surface area contributed by atoms with Gasteiger partial charge >= 0.3 is 0 Å². The number of carbonyl (C=O) groups excluding carboxylic acids is 2. The van der Waals surface area contributed by atoms with Crippen LogP contribution in [0.4, 0.5) is 0 Å². The molecule has 4 aliphatic carbocycles. The zero-order chi connectivity index (χ0) is 21.4. The minimum Gasteiger partial charge on any atom is -0.345 e. The fourth-order valence-electron chi connectivity index (χ4n) is 7.44. The van der Waals surface area contributed by atoms with Crippen LogP contribution in [0.3, 0.4) is 0 Å². The molecule has 31 heavy (non-hydrogen) atoms. The first-order valence-electron chi connectivity index (χ1n) is 12.3. The van der Waals surface area contributed by atoms with Crippen molar-refractivity contribution in [2.24, 2.45) is 23.2 Å². The van der Waals surface area contributed by atoms with Crippen LogP contribution < -0.4 is 5.32 Å². The molecule has 4 saturated carbocycles. The zero-order valence-electron chi connectivity index (χ0n) is 18.9. The van der Waals surface area contributed by atoms with Crippen molar-refractivity contribution in [2.75, 3.05) is 26.2 Å². The second-order valence-corrected chi connectivity index (χ2v) is 11.0. The van der Waals surface area contributed by atoms with Crippen LogP contribution in [0, 0.1) is 23.2 Å². The summed E-state index contributed by atoms with van der Waals surface area (Å²) in [5.41, 5.74) is 1.54. The number of rotatable bonds is 6. The smallest absolute Gasteiger partial charge is 0.244 e. The van der Waals surface area contributed by atoms with Gasteiger partial charge in [0.05, 0.1) is 0 Å². The summed E-state index contributed by atoms with van der Waals surface area (Å²) in [4.78, 5) is 30.2. The third-order valence-corrected chi connectivity index (χ3v) is 8.38. The van der Waals surface area contributed by atoms with Crippen LogP contribution >= 0.6 is 0 Å². The van der Waals surface area contributed by atoms with E-state index in [-0.39, 0.29) is 17.2 Å². The van der Waals surface area contributed by atoms with Crippen molar-refractivity contribution in [3.63, 3.8) is 0 Å². The molecule has 1 heterocycles. The van der Waals surface area contributed by atoms with Crippen LogP contribution in [0.5, 0.6) is 0 Å². The lowest BCUT2D eigenvalue weighted by molar-refractivity contribution is -0.139. The Morgan fingerprint density at radius 1 is 0.968 bits per heavy atom. The fraction of sp³-hybridized carbons (Fsp3) is 0.692. The molecular formula is C26H37N3O2. The Balaban J connectivity index is 1.09. The maximum atomic E-state index is 13.0. The normalized spacial score (nSPS) is 33.3. The summed E-state index contributed by atoms with van der Waals surface area (Å²) >= 11 is 0. The Hall–Kier alpha value is -1.88. The molecule has 1 atom stereocenters. The molecule has 1 N–H and O–H groups in total. The third kappa shape index (κ3) is 4.67. The van der Waals surface area contributed by atoms with Gasteiger partial charge in [0, 0.05) is 39.1 Å². The number of amides is 2. The van der Waals surface area contributed by atoms with Gasteiger partial charge in [0.2, 0.25) is 11.8 Å². The Morgan fingerprint density at radius 3 is 2.13 bits per heavy atom. The average molecular weight is 424 g/mol. The summed E-state index contributed by atoms with van der Waals surface area (Å²) in [7, 11) is 0. The van der Waals surface area contributed by atoms with Crippen molar-refractivity contribution < 1.29 is 9.59 Å². The fourth-order valence-corrected chi connectivity index (χ4v) is 7.44. The molecule has 2 amide bonds. The van der Waals surface area contributed by atoms with Crippen molar-refractivity contribution >= 4 is 11.8 Å². The Morgan fingerprint density at radius 2 is 1.55 bits per heavy atom. The van der Waals surface area contributed by atoms with Gasteiger partial charge in [-0.05, 0) is 74.2 Å². The molecule has 1 unspecified atom stereocenters. The topological polar surface area (TPSA) is 52.7 Å². The Bertz CT molecular complexity index is 765. The summed E-state index contributed by atoms with van der Waals surface area (Å²) in [6.07, 6.45) is 8.51. The van der Waals surface area contributed by atoms with Crippen molar-refractivity contribution in [2.45, 2.75) is 64.5 Å². The average Bonchev–Trinajstić information content (AvgIpc) is 2.73. The van der Waals surface area contributed by atoms with E-state index >= 15 is 0 Å². The van der Waals surface area contributed by atoms with E-state index < -0.39 is 6.04 Å². The quantitative estimate of drug-likeness (QED) is 0.763. The number of hydrogen-bond donors (Lipinski definition) is 1. The van der Waals surface area contributed by atoms with Gasteiger partial charge in [-0.3, -0.25) is 14.5 Å². The molecule has 5 aliphatic rings. The van der Waals surface area contributed by atoms with Crippen LogP contribution in [0.1, 0.15) is 57.4 Å². The molecule has 0 spiro atoms. The molecule has 1 saturated heterocycles. The largest absolute Gasteiger partial charge is 0.345 e. The van der Waals surface area contributed by atoms with Crippen molar-refractivity contribution in [3.8, 4) is 0 Å². The molecule has 1 aliphatic heterocycles. The second-order valence-electron chi connectivity index (χ2n) is 11.0. The highest BCUT2D eigenvalue weighted by Gasteiger charge is 2.51. The van der Waals surface area contributed by atoms with Gasteiger partial charge in [-0.25, -0.2) is 0 Å². The van der Waals surface area contributed by atoms with E-state index in [4.69, 9.17) is 0 Å². The minimum absolute atomic E-state index is 0.0678. The Kier molecular flexibility index (Phi) is 5.80. The SMILES string of the molecule is CC(NC(=O)CC12CC3CC(CC(C3)C1)C2)C(=O)N1CCN(Cc2ccccc2)CC1. The number of carbonyl (C=O) groups is 2. The van der Waals surface area contributed by atoms with Crippen LogP contribution in [-0.2, 0) is 16.1 Å². The van der Waals surface area contributed by atoms with Crippen LogP contribution in [0.25, 0.3) is 0 Å². The van der Waals surface area contributed by atoms with E-state index in [2.05, 4.69) is 34.5 Å². The number of nitrogens with zero attached hydrogens (tertiary/aromatic N) is 2. The maximum Gasteiger partial charge on any atom is 0.244 e. The lowest BCUT2D eigenvalue weighted by Gasteiger charge is -2.56. The van der Waals surface area contributed by atoms with E-state index in [0.717, 1.165) is 50.5 Å². The second kappa shape index (κ2) is 8.57. The summed E-state index contributed by atoms with van der Waals surface area (Å²) in [5.74, 6) is 2.71. The lowest BCUT2D eigenvalue weighted by Crippen LogP contribution is -2.54. The number of benzene rings is 1. The van der Waals surface area contributed by atoms with E-state index in [0.29, 0.717) is 6.42 Å². The summed E-state index contributed by atoms with van der Waals surface area (Å²) < 4.78 is 0. The number of hydrogen-bond acceptors (Lipinski definition) is 3. The molecule has 4 bridgehead atoms. The first-order valence-corrected chi connectivity index (χ1v) is 12.3. The van der Waals surface area contributed by atoms with Crippen molar-refractivity contribution in [3.05, 3.63) is 35.9 Å². The molecule has 5 nitrogen and oxygen atoms in total. The zero-order valence-corrected chi connectivity index (χ0v) is 18.9. The first-order chi connectivity index (χ1) is 15.0. The highest BCUT2D eigenvalue weighted by atomic mass is 16.2. The molecular weight excluding hydrogens is 386 g/mol. The molecule has 6 rings (SSSR count). The van der Waals surface area contributed by atoms with Crippen LogP contribution in [0.15, 0.2) is 30.3 Å². The molecule has 168 valence electrons. The summed E-state index contributed by atoms with van der Waals surface area (Å²) in [5, 5.41) is 3.06. The molecule has 1 aromatic rings. The molecule has 0 aromatic heterocycles. The molecule has 0 radical (unpaired) electrons. The van der Waals surface area contributed by atoms with Gasteiger partial charge < -0.3 is 10.2 Å². The predicted octanol–water partition coefficient (Wildman–Crippen LogP) is 3.44. The minimum atomic E-state index is -0.429. The van der Waals surface area contributed by atoms with Crippen molar-refractivity contribution in [1.82, 2.24) is 15.1 Å². The van der Waals surface area contributed by atoms with E-state index in [1.807, 2.05) is 17.9 Å². The first kappa shape index (κ1) is 21.0. The monoisotopic (exact) mass is 423 g/mol. The standard InChI is InChI=1S/C26H37N3O2/c1-19(25(31)29-9-7-28(8-10-29)18-20-5-3-2-4-6-20)27-24(30)17-26-14-21-11-22(15-26)13-23(12-21)16-26/h2-6,19,21-23H,7-18H2,1H3,(H,27,30). The highest BCUT2D eigenvalue weighted by Crippen LogP contribution is 2.61.